The van der Waals surface area contributed by atoms with Gasteiger partial charge in [0.1, 0.15) is 0 Å². The molecule has 0 amide bonds. The number of hydrogen-bond acceptors (Lipinski definition) is 1. The van der Waals surface area contributed by atoms with E-state index in [0.29, 0.717) is 0 Å². The third kappa shape index (κ3) is 8450. The van der Waals surface area contributed by atoms with Crippen LogP contribution in [0.1, 0.15) is 6.92 Å². The maximum absolute atomic E-state index is 9.75. The van der Waals surface area contributed by atoms with Crippen molar-refractivity contribution in [3.05, 3.63) is 0 Å². The minimum Gasteiger partial charge on any atom is -0.418 e. The van der Waals surface area contributed by atoms with E-state index in [4.69, 9.17) is 5.11 Å². The lowest BCUT2D eigenvalue weighted by Gasteiger charge is -1.94. The standard InChI is InChI=1S/C3H9N.C2H6O.BF4/c1-4(2)3;1-2-3;2-1(3,4)5/h1-3H3;3H,2H2,1H3;/q;;-1/p+1. The summed E-state index contributed by atoms with van der Waals surface area (Å²) in [6, 6.07) is 0. The van der Waals surface area contributed by atoms with Crippen molar-refractivity contribution in [3.63, 3.8) is 0 Å². The van der Waals surface area contributed by atoms with Crippen LogP contribution in [0.5, 0.6) is 0 Å². The van der Waals surface area contributed by atoms with Gasteiger partial charge in [0.2, 0.25) is 0 Å². The van der Waals surface area contributed by atoms with Gasteiger partial charge in [-0.2, -0.15) is 0 Å². The molecule has 12 heavy (non-hydrogen) atoms. The van der Waals surface area contributed by atoms with Crippen LogP contribution in [-0.2, 0) is 0 Å². The van der Waals surface area contributed by atoms with E-state index in [1.54, 1.807) is 6.92 Å². The second-order valence-electron chi connectivity index (χ2n) is 2.31. The molecular formula is C5H16BF4NO. The summed E-state index contributed by atoms with van der Waals surface area (Å²) < 4.78 is 39.0. The molecule has 0 heterocycles. The van der Waals surface area contributed by atoms with Gasteiger partial charge in [-0.15, -0.1) is 0 Å². The first-order chi connectivity index (χ1) is 5.15. The van der Waals surface area contributed by atoms with Crippen molar-refractivity contribution in [3.8, 4) is 0 Å². The largest absolute Gasteiger partial charge is 0.673 e. The molecule has 0 unspecified atom stereocenters. The number of aliphatic hydroxyl groups is 1. The summed E-state index contributed by atoms with van der Waals surface area (Å²) >= 11 is 0. The van der Waals surface area contributed by atoms with Crippen molar-refractivity contribution in [2.75, 3.05) is 27.7 Å². The van der Waals surface area contributed by atoms with Crippen LogP contribution in [0.3, 0.4) is 0 Å². The van der Waals surface area contributed by atoms with Gasteiger partial charge in [0, 0.05) is 6.61 Å². The molecular weight excluding hydrogens is 177 g/mol. The summed E-state index contributed by atoms with van der Waals surface area (Å²) in [7, 11) is 0.250. The average Bonchev–Trinajstić information content (AvgIpc) is 1.56. The highest BCUT2D eigenvalue weighted by Gasteiger charge is 2.20. The molecule has 0 aliphatic heterocycles. The molecule has 0 bridgehead atoms. The van der Waals surface area contributed by atoms with E-state index in [1.807, 2.05) is 0 Å². The second-order valence-corrected chi connectivity index (χ2v) is 2.31. The Balaban J connectivity index is -0.000000105. The van der Waals surface area contributed by atoms with Crippen molar-refractivity contribution in [1.29, 1.82) is 0 Å². The Labute approximate surface area is 70.3 Å². The maximum atomic E-state index is 9.75. The van der Waals surface area contributed by atoms with E-state index in [-0.39, 0.29) is 6.61 Å². The molecule has 2 nitrogen and oxygen atoms in total. The van der Waals surface area contributed by atoms with Gasteiger partial charge in [-0.3, -0.25) is 0 Å². The maximum Gasteiger partial charge on any atom is 0.673 e. The molecule has 0 saturated heterocycles. The van der Waals surface area contributed by atoms with Crippen LogP contribution in [0.15, 0.2) is 0 Å². The first-order valence-electron chi connectivity index (χ1n) is 3.40. The Bertz CT molecular complexity index is 69.6. The Hall–Kier alpha value is -0.295. The number of hydrogen-bond donors (Lipinski definition) is 2. The van der Waals surface area contributed by atoms with Gasteiger partial charge in [0.25, 0.3) is 0 Å². The third-order valence-electron chi connectivity index (χ3n) is 0. The molecule has 0 spiro atoms. The van der Waals surface area contributed by atoms with Gasteiger partial charge < -0.3 is 27.3 Å². The normalized spacial score (nSPS) is 9.50. The fourth-order valence-corrected chi connectivity index (χ4v) is 0. The Morgan fingerprint density at radius 3 is 1.08 bits per heavy atom. The van der Waals surface area contributed by atoms with Gasteiger partial charge in [-0.1, -0.05) is 0 Å². The summed E-state index contributed by atoms with van der Waals surface area (Å²) in [5.74, 6) is 0. The molecule has 0 aromatic heterocycles. The van der Waals surface area contributed by atoms with Gasteiger partial charge >= 0.3 is 7.25 Å². The lowest BCUT2D eigenvalue weighted by Crippen LogP contribution is -3.02. The van der Waals surface area contributed by atoms with E-state index in [2.05, 4.69) is 21.1 Å². The summed E-state index contributed by atoms with van der Waals surface area (Å²) in [6.07, 6.45) is 0. The number of quaternary nitrogens is 1. The van der Waals surface area contributed by atoms with E-state index >= 15 is 0 Å². The smallest absolute Gasteiger partial charge is 0.418 e. The number of rotatable bonds is 0. The summed E-state index contributed by atoms with van der Waals surface area (Å²) in [6.45, 7) is 1.93. The third-order valence-corrected chi connectivity index (χ3v) is 0. The van der Waals surface area contributed by atoms with Crippen LogP contribution >= 0.6 is 0 Å². The molecule has 0 atom stereocenters. The molecule has 0 aliphatic rings. The minimum absolute atomic E-state index is 0.250. The molecule has 0 aromatic carbocycles. The molecule has 0 aliphatic carbocycles. The minimum atomic E-state index is -6.00. The van der Waals surface area contributed by atoms with E-state index in [9.17, 15) is 17.3 Å². The molecule has 0 saturated carbocycles. The van der Waals surface area contributed by atoms with E-state index in [0.717, 1.165) is 0 Å². The predicted molar refractivity (Wildman–Crippen MR) is 41.7 cm³/mol. The zero-order valence-corrected chi connectivity index (χ0v) is 7.74. The first-order valence-corrected chi connectivity index (χ1v) is 3.40. The summed E-state index contributed by atoms with van der Waals surface area (Å²) in [4.78, 5) is 1.42. The van der Waals surface area contributed by atoms with E-state index < -0.39 is 7.25 Å². The Morgan fingerprint density at radius 2 is 1.08 bits per heavy atom. The van der Waals surface area contributed by atoms with Crippen LogP contribution in [0.4, 0.5) is 17.3 Å². The van der Waals surface area contributed by atoms with Crippen molar-refractivity contribution in [2.24, 2.45) is 0 Å². The Morgan fingerprint density at radius 1 is 1.08 bits per heavy atom. The van der Waals surface area contributed by atoms with Crippen LogP contribution < -0.4 is 4.90 Å². The molecule has 0 radical (unpaired) electrons. The number of halogens is 4. The van der Waals surface area contributed by atoms with Crippen LogP contribution in [0.2, 0.25) is 0 Å². The molecule has 2 N–H and O–H groups in total. The molecule has 0 aromatic rings. The predicted octanol–water partition coefficient (Wildman–Crippen LogP) is 0.0593. The van der Waals surface area contributed by atoms with Gasteiger partial charge in [0.15, 0.2) is 0 Å². The van der Waals surface area contributed by atoms with Crippen molar-refractivity contribution in [2.45, 2.75) is 6.92 Å². The molecule has 78 valence electrons. The summed E-state index contributed by atoms with van der Waals surface area (Å²) in [5.41, 5.74) is 0. The highest BCUT2D eigenvalue weighted by Crippen LogP contribution is 2.06. The van der Waals surface area contributed by atoms with Crippen LogP contribution in [0, 0.1) is 0 Å². The van der Waals surface area contributed by atoms with E-state index in [1.165, 1.54) is 4.90 Å². The van der Waals surface area contributed by atoms with Crippen molar-refractivity contribution < 1.29 is 27.3 Å². The number of aliphatic hydroxyl groups excluding tert-OH is 1. The first kappa shape index (κ1) is 17.7. The topological polar surface area (TPSA) is 24.7 Å². The summed E-state index contributed by atoms with van der Waals surface area (Å²) in [5, 5.41) is 7.57. The van der Waals surface area contributed by atoms with Crippen molar-refractivity contribution >= 4 is 7.25 Å². The lowest BCUT2D eigenvalue weighted by atomic mass is 10.3. The average molecular weight is 193 g/mol. The van der Waals surface area contributed by atoms with Crippen LogP contribution in [0.25, 0.3) is 0 Å². The van der Waals surface area contributed by atoms with Gasteiger partial charge in [-0.05, 0) is 6.92 Å². The van der Waals surface area contributed by atoms with Crippen molar-refractivity contribution in [1.82, 2.24) is 0 Å². The SMILES string of the molecule is CCO.C[NH+](C)C.F[B-](F)(F)F. The van der Waals surface area contributed by atoms with Crippen LogP contribution in [-0.4, -0.2) is 40.1 Å². The Kier molecular flexibility index (Phi) is 15.8. The zero-order valence-electron chi connectivity index (χ0n) is 7.74. The highest BCUT2D eigenvalue weighted by molar-refractivity contribution is 6.50. The fourth-order valence-electron chi connectivity index (χ4n) is 0. The second kappa shape index (κ2) is 10.7. The highest BCUT2D eigenvalue weighted by atomic mass is 19.5. The monoisotopic (exact) mass is 193 g/mol. The molecule has 0 fully saturated rings. The van der Waals surface area contributed by atoms with Gasteiger partial charge in [-0.25, -0.2) is 0 Å². The zero-order chi connectivity index (χ0) is 10.8. The fraction of sp³-hybridized carbons (Fsp3) is 1.00. The molecule has 0 rings (SSSR count). The quantitative estimate of drug-likeness (QED) is 0.412. The number of nitrogens with one attached hydrogen (secondary N) is 1. The molecule has 7 heteroatoms. The lowest BCUT2D eigenvalue weighted by molar-refractivity contribution is -0.836. The van der Waals surface area contributed by atoms with Gasteiger partial charge in [0.05, 0.1) is 21.1 Å².